The lowest BCUT2D eigenvalue weighted by atomic mass is 10.0. The first-order chi connectivity index (χ1) is 8.00. The average Bonchev–Trinajstić information content (AvgIpc) is 2.68. The summed E-state index contributed by atoms with van der Waals surface area (Å²) in [6.07, 6.45) is 1.45. The molecule has 0 unspecified atom stereocenters. The average molecular weight is 232 g/mol. The van der Waals surface area contributed by atoms with Crippen molar-refractivity contribution < 1.29 is 9.59 Å². The second-order valence-corrected chi connectivity index (χ2v) is 4.45. The van der Waals surface area contributed by atoms with Crippen LogP contribution in [0.5, 0.6) is 0 Å². The van der Waals surface area contributed by atoms with Crippen molar-refractivity contribution in [2.24, 2.45) is 5.73 Å². The molecule has 2 rings (SSSR count). The van der Waals surface area contributed by atoms with Gasteiger partial charge in [0.1, 0.15) is 0 Å². The van der Waals surface area contributed by atoms with Crippen molar-refractivity contribution in [2.45, 2.75) is 26.7 Å². The van der Waals surface area contributed by atoms with Gasteiger partial charge in [-0.2, -0.15) is 0 Å². The van der Waals surface area contributed by atoms with E-state index in [0.717, 1.165) is 29.8 Å². The first kappa shape index (κ1) is 11.6. The van der Waals surface area contributed by atoms with Crippen LogP contribution in [0.15, 0.2) is 12.1 Å². The number of hydrogen-bond acceptors (Lipinski definition) is 2. The number of carbonyl (C=O) groups is 2. The topological polar surface area (TPSA) is 63.4 Å². The minimum Gasteiger partial charge on any atom is -0.366 e. The summed E-state index contributed by atoms with van der Waals surface area (Å²) in [4.78, 5) is 24.7. The van der Waals surface area contributed by atoms with Crippen molar-refractivity contribution in [1.82, 2.24) is 0 Å². The highest BCUT2D eigenvalue weighted by atomic mass is 16.2. The number of nitrogens with zero attached hydrogens (tertiary/aromatic N) is 1. The van der Waals surface area contributed by atoms with Gasteiger partial charge in [-0.3, -0.25) is 9.59 Å². The summed E-state index contributed by atoms with van der Waals surface area (Å²) in [7, 11) is 0. The zero-order valence-corrected chi connectivity index (χ0v) is 10.1. The third kappa shape index (κ3) is 2.02. The number of benzene rings is 1. The fourth-order valence-corrected chi connectivity index (χ4v) is 2.17. The molecule has 4 nitrogen and oxygen atoms in total. The van der Waals surface area contributed by atoms with E-state index >= 15 is 0 Å². The molecule has 1 saturated heterocycles. The van der Waals surface area contributed by atoms with Gasteiger partial charge in [0.15, 0.2) is 0 Å². The van der Waals surface area contributed by atoms with Gasteiger partial charge in [0.05, 0.1) is 0 Å². The Labute approximate surface area is 100 Å². The van der Waals surface area contributed by atoms with Gasteiger partial charge in [-0.15, -0.1) is 0 Å². The lowest BCUT2D eigenvalue weighted by molar-refractivity contribution is -0.117. The largest absolute Gasteiger partial charge is 0.366 e. The minimum absolute atomic E-state index is 0.115. The van der Waals surface area contributed by atoms with Gasteiger partial charge in [0.25, 0.3) is 0 Å². The normalized spacial score (nSPS) is 15.4. The molecule has 17 heavy (non-hydrogen) atoms. The highest BCUT2D eigenvalue weighted by Gasteiger charge is 2.23. The van der Waals surface area contributed by atoms with E-state index in [1.165, 1.54) is 0 Å². The van der Waals surface area contributed by atoms with Crippen molar-refractivity contribution in [3.05, 3.63) is 28.8 Å². The van der Waals surface area contributed by atoms with Crippen LogP contribution in [-0.2, 0) is 4.79 Å². The second kappa shape index (κ2) is 4.20. The van der Waals surface area contributed by atoms with Gasteiger partial charge in [-0.25, -0.2) is 0 Å². The predicted molar refractivity (Wildman–Crippen MR) is 66.0 cm³/mol. The summed E-state index contributed by atoms with van der Waals surface area (Å²) in [5.74, 6) is -0.331. The van der Waals surface area contributed by atoms with E-state index in [1.807, 2.05) is 19.9 Å². The first-order valence-electron chi connectivity index (χ1n) is 5.72. The molecule has 1 aromatic rings. The number of carbonyl (C=O) groups excluding carboxylic acids is 2. The molecule has 0 atom stereocenters. The fraction of sp³-hybridized carbons (Fsp3) is 0.385. The van der Waals surface area contributed by atoms with Gasteiger partial charge < -0.3 is 10.6 Å². The molecule has 1 fully saturated rings. The maximum absolute atomic E-state index is 11.7. The molecule has 0 bridgehead atoms. The maximum Gasteiger partial charge on any atom is 0.249 e. The third-order valence-electron chi connectivity index (χ3n) is 3.30. The number of aryl methyl sites for hydroxylation is 1. The Morgan fingerprint density at radius 2 is 2.06 bits per heavy atom. The van der Waals surface area contributed by atoms with Crippen LogP contribution < -0.4 is 10.6 Å². The van der Waals surface area contributed by atoms with Crippen molar-refractivity contribution in [2.75, 3.05) is 11.4 Å². The minimum atomic E-state index is -0.445. The molecule has 1 aliphatic rings. The number of hydrogen-bond donors (Lipinski definition) is 1. The van der Waals surface area contributed by atoms with E-state index in [-0.39, 0.29) is 5.91 Å². The molecule has 4 heteroatoms. The number of nitrogens with two attached hydrogens (primary N) is 1. The van der Waals surface area contributed by atoms with Gasteiger partial charge in [-0.05, 0) is 43.5 Å². The molecule has 0 saturated carbocycles. The molecule has 0 spiro atoms. The van der Waals surface area contributed by atoms with Gasteiger partial charge in [-0.1, -0.05) is 0 Å². The predicted octanol–water partition coefficient (Wildman–Crippen LogP) is 1.53. The molecule has 90 valence electrons. The highest BCUT2D eigenvalue weighted by molar-refractivity contribution is 5.99. The lowest BCUT2D eigenvalue weighted by Gasteiger charge is -2.18. The number of rotatable bonds is 2. The van der Waals surface area contributed by atoms with Crippen LogP contribution in [0.2, 0.25) is 0 Å². The maximum atomic E-state index is 11.7. The van der Waals surface area contributed by atoms with Gasteiger partial charge >= 0.3 is 0 Å². The summed E-state index contributed by atoms with van der Waals surface area (Å²) in [5.41, 5.74) is 8.49. The number of anilines is 1. The number of amides is 2. The molecule has 1 aliphatic heterocycles. The zero-order chi connectivity index (χ0) is 12.6. The zero-order valence-electron chi connectivity index (χ0n) is 10.1. The van der Waals surface area contributed by atoms with E-state index in [2.05, 4.69) is 0 Å². The van der Waals surface area contributed by atoms with Crippen LogP contribution >= 0.6 is 0 Å². The summed E-state index contributed by atoms with van der Waals surface area (Å²) in [5, 5.41) is 0. The van der Waals surface area contributed by atoms with Crippen LogP contribution in [0.25, 0.3) is 0 Å². The van der Waals surface area contributed by atoms with E-state index < -0.39 is 5.91 Å². The molecule has 0 aliphatic carbocycles. The lowest BCUT2D eigenvalue weighted by Crippen LogP contribution is -2.25. The van der Waals surface area contributed by atoms with Gasteiger partial charge in [0, 0.05) is 24.2 Å². The van der Waals surface area contributed by atoms with Crippen LogP contribution in [0.3, 0.4) is 0 Å². The third-order valence-corrected chi connectivity index (χ3v) is 3.30. The smallest absolute Gasteiger partial charge is 0.249 e. The molecule has 2 amide bonds. The Hall–Kier alpha value is -1.84. The molecular weight excluding hydrogens is 216 g/mol. The fourth-order valence-electron chi connectivity index (χ4n) is 2.17. The Morgan fingerprint density at radius 3 is 2.59 bits per heavy atom. The summed E-state index contributed by atoms with van der Waals surface area (Å²) >= 11 is 0. The monoisotopic (exact) mass is 232 g/mol. The van der Waals surface area contributed by atoms with E-state index in [4.69, 9.17) is 5.73 Å². The van der Waals surface area contributed by atoms with Gasteiger partial charge in [0.2, 0.25) is 11.8 Å². The molecule has 0 aromatic heterocycles. The summed E-state index contributed by atoms with van der Waals surface area (Å²) in [6.45, 7) is 4.51. The van der Waals surface area contributed by atoms with Crippen molar-refractivity contribution in [1.29, 1.82) is 0 Å². The first-order valence-corrected chi connectivity index (χ1v) is 5.72. The van der Waals surface area contributed by atoms with Crippen molar-refractivity contribution >= 4 is 17.5 Å². The van der Waals surface area contributed by atoms with Crippen molar-refractivity contribution in [3.8, 4) is 0 Å². The standard InChI is InChI=1S/C13H16N2O2/c1-8-6-10(15-5-3-4-12(15)16)7-11(9(8)2)13(14)17/h6-7H,3-5H2,1-2H3,(H2,14,17). The Bertz CT molecular complexity index is 494. The molecular formula is C13H16N2O2. The molecule has 1 heterocycles. The summed E-state index contributed by atoms with van der Waals surface area (Å²) in [6, 6.07) is 3.65. The summed E-state index contributed by atoms with van der Waals surface area (Å²) < 4.78 is 0. The SMILES string of the molecule is Cc1cc(N2CCCC2=O)cc(C(N)=O)c1C. The molecule has 2 N–H and O–H groups in total. The van der Waals surface area contributed by atoms with E-state index in [0.29, 0.717) is 12.0 Å². The second-order valence-electron chi connectivity index (χ2n) is 4.45. The van der Waals surface area contributed by atoms with E-state index in [9.17, 15) is 9.59 Å². The molecule has 1 aromatic carbocycles. The van der Waals surface area contributed by atoms with Crippen LogP contribution in [0.4, 0.5) is 5.69 Å². The quantitative estimate of drug-likeness (QED) is 0.840. The van der Waals surface area contributed by atoms with Crippen LogP contribution in [0, 0.1) is 13.8 Å². The Kier molecular flexibility index (Phi) is 2.88. The Balaban J connectivity index is 2.49. The highest BCUT2D eigenvalue weighted by Crippen LogP contribution is 2.26. The van der Waals surface area contributed by atoms with Crippen LogP contribution in [-0.4, -0.2) is 18.4 Å². The van der Waals surface area contributed by atoms with Crippen molar-refractivity contribution in [3.63, 3.8) is 0 Å². The molecule has 0 radical (unpaired) electrons. The number of primary amides is 1. The van der Waals surface area contributed by atoms with Crippen LogP contribution in [0.1, 0.15) is 34.3 Å². The Morgan fingerprint density at radius 1 is 1.35 bits per heavy atom. The van der Waals surface area contributed by atoms with E-state index in [1.54, 1.807) is 11.0 Å².